The molecule has 0 aliphatic carbocycles. The van der Waals surface area contributed by atoms with E-state index in [1.54, 1.807) is 0 Å². The Morgan fingerprint density at radius 3 is 2.39 bits per heavy atom. The van der Waals surface area contributed by atoms with Crippen LogP contribution in [0.4, 0.5) is 32.0 Å². The van der Waals surface area contributed by atoms with Gasteiger partial charge < -0.3 is 14.8 Å². The number of ether oxygens (including phenoxy) is 2. The molecule has 0 fully saturated rings. The minimum absolute atomic E-state index is 0.0247. The lowest BCUT2D eigenvalue weighted by atomic mass is 10.1. The Balaban J connectivity index is 1.70. The van der Waals surface area contributed by atoms with Crippen molar-refractivity contribution in [1.29, 1.82) is 0 Å². The van der Waals surface area contributed by atoms with Crippen LogP contribution >= 0.6 is 0 Å². The van der Waals surface area contributed by atoms with Crippen molar-refractivity contribution in [3.05, 3.63) is 88.2 Å². The van der Waals surface area contributed by atoms with Crippen molar-refractivity contribution in [3.8, 4) is 11.5 Å². The zero-order valence-electron chi connectivity index (χ0n) is 19.2. The van der Waals surface area contributed by atoms with Crippen molar-refractivity contribution in [2.24, 2.45) is 0 Å². The Morgan fingerprint density at radius 2 is 1.71 bits per heavy atom. The summed E-state index contributed by atoms with van der Waals surface area (Å²) in [5, 5.41) is 2.23. The van der Waals surface area contributed by atoms with Gasteiger partial charge in [0.1, 0.15) is 17.2 Å². The molecule has 38 heavy (non-hydrogen) atoms. The van der Waals surface area contributed by atoms with Gasteiger partial charge in [0.15, 0.2) is 5.69 Å². The van der Waals surface area contributed by atoms with Gasteiger partial charge in [-0.05, 0) is 30.3 Å². The van der Waals surface area contributed by atoms with Gasteiger partial charge >= 0.3 is 12.5 Å². The van der Waals surface area contributed by atoms with Crippen LogP contribution in [0.5, 0.6) is 11.5 Å². The maximum absolute atomic E-state index is 13.3. The molecule has 1 amide bonds. The number of pyridine rings is 1. The Bertz CT molecular complexity index is 1570. The summed E-state index contributed by atoms with van der Waals surface area (Å²) in [6, 6.07) is 11.4. The number of amides is 1. The smallest absolute Gasteiger partial charge is 0.494 e. The molecule has 0 unspecified atom stereocenters. The molecule has 2 aromatic carbocycles. The summed E-state index contributed by atoms with van der Waals surface area (Å²) < 4.78 is 87.9. The van der Waals surface area contributed by atoms with Gasteiger partial charge in [0, 0.05) is 5.56 Å². The third-order valence-corrected chi connectivity index (χ3v) is 5.22. The number of halogens is 6. The lowest BCUT2D eigenvalue weighted by molar-refractivity contribution is -0.274. The van der Waals surface area contributed by atoms with Crippen LogP contribution in [-0.4, -0.2) is 33.9 Å². The normalized spacial score (nSPS) is 11.9. The number of para-hydroxylation sites is 1. The number of carbonyl (C=O) groups excluding carboxylic acids is 1. The molecular weight excluding hydrogens is 522 g/mol. The Labute approximate surface area is 209 Å². The molecule has 0 saturated heterocycles. The first-order chi connectivity index (χ1) is 17.9. The van der Waals surface area contributed by atoms with Crippen molar-refractivity contribution in [3.63, 3.8) is 0 Å². The van der Waals surface area contributed by atoms with Crippen LogP contribution in [0.15, 0.2) is 65.7 Å². The van der Waals surface area contributed by atoms with Crippen molar-refractivity contribution in [1.82, 2.24) is 14.5 Å². The van der Waals surface area contributed by atoms with Crippen LogP contribution in [0, 0.1) is 0 Å². The maximum Gasteiger partial charge on any atom is 0.573 e. The number of hydrogen-bond donors (Lipinski definition) is 1. The van der Waals surface area contributed by atoms with Gasteiger partial charge in [-0.3, -0.25) is 14.2 Å². The fraction of sp³-hybridized carbons (Fsp3) is 0.167. The third-order valence-electron chi connectivity index (χ3n) is 5.22. The predicted octanol–water partition coefficient (Wildman–Crippen LogP) is 5.02. The molecule has 14 heteroatoms. The first kappa shape index (κ1) is 26.4. The second kappa shape index (κ2) is 10.0. The van der Waals surface area contributed by atoms with E-state index >= 15 is 0 Å². The van der Waals surface area contributed by atoms with Crippen LogP contribution in [0.2, 0.25) is 0 Å². The number of hydrogen-bond acceptors (Lipinski definition) is 6. The van der Waals surface area contributed by atoms with Crippen LogP contribution < -0.4 is 20.3 Å². The standard InChI is InChI=1S/C24H16F6N4O4/c1-37-18-10-9-16(32-20(18)23(25,26)27)21(35)33-15-7-4-6-14-19(15)22(36)34(12-31-14)11-13-5-2-3-8-17(13)38-24(28,29)30/h2-10,12H,11H2,1H3,(H,33,35). The van der Waals surface area contributed by atoms with Crippen LogP contribution in [0.25, 0.3) is 10.9 Å². The van der Waals surface area contributed by atoms with E-state index in [4.69, 9.17) is 0 Å². The monoisotopic (exact) mass is 538 g/mol. The summed E-state index contributed by atoms with van der Waals surface area (Å²) >= 11 is 0. The Hall–Kier alpha value is -4.62. The maximum atomic E-state index is 13.3. The number of benzene rings is 2. The molecule has 0 aliphatic rings. The van der Waals surface area contributed by atoms with Crippen molar-refractivity contribution in [2.45, 2.75) is 19.1 Å². The minimum Gasteiger partial charge on any atom is -0.494 e. The van der Waals surface area contributed by atoms with E-state index in [1.807, 2.05) is 0 Å². The van der Waals surface area contributed by atoms with E-state index in [9.17, 15) is 35.9 Å². The second-order valence-corrected chi connectivity index (χ2v) is 7.73. The molecule has 1 N–H and O–H groups in total. The molecular formula is C24H16F6N4O4. The average Bonchev–Trinajstić information content (AvgIpc) is 2.85. The van der Waals surface area contributed by atoms with Gasteiger partial charge in [-0.1, -0.05) is 24.3 Å². The zero-order valence-corrected chi connectivity index (χ0v) is 19.2. The molecule has 4 aromatic rings. The summed E-state index contributed by atoms with van der Waals surface area (Å²) in [4.78, 5) is 33.5. The van der Waals surface area contributed by atoms with Gasteiger partial charge in [0.25, 0.3) is 11.5 Å². The number of anilines is 1. The number of fused-ring (bicyclic) bond motifs is 1. The van der Waals surface area contributed by atoms with Gasteiger partial charge in [0.2, 0.25) is 0 Å². The summed E-state index contributed by atoms with van der Waals surface area (Å²) in [6.45, 7) is -0.356. The average molecular weight is 538 g/mol. The fourth-order valence-electron chi connectivity index (χ4n) is 3.59. The van der Waals surface area contributed by atoms with Gasteiger partial charge in [0.05, 0.1) is 36.6 Å². The second-order valence-electron chi connectivity index (χ2n) is 7.73. The third kappa shape index (κ3) is 5.68. The quantitative estimate of drug-likeness (QED) is 0.347. The number of carbonyl (C=O) groups is 1. The summed E-state index contributed by atoms with van der Waals surface area (Å²) in [5.74, 6) is -2.15. The number of methoxy groups -OCH3 is 1. The molecule has 0 aliphatic heterocycles. The topological polar surface area (TPSA) is 95.3 Å². The number of nitrogens with zero attached hydrogens (tertiary/aromatic N) is 3. The van der Waals surface area contributed by atoms with Gasteiger partial charge in [-0.2, -0.15) is 13.2 Å². The lowest BCUT2D eigenvalue weighted by Crippen LogP contribution is -2.24. The van der Waals surface area contributed by atoms with E-state index < -0.39 is 46.9 Å². The molecule has 8 nitrogen and oxygen atoms in total. The first-order valence-electron chi connectivity index (χ1n) is 10.6. The van der Waals surface area contributed by atoms with E-state index in [1.165, 1.54) is 36.4 Å². The molecule has 2 heterocycles. The minimum atomic E-state index is -4.96. The molecule has 0 bridgehead atoms. The highest BCUT2D eigenvalue weighted by atomic mass is 19.4. The van der Waals surface area contributed by atoms with Gasteiger partial charge in [-0.15, -0.1) is 13.2 Å². The summed E-state index contributed by atoms with van der Waals surface area (Å²) in [7, 11) is 1.02. The molecule has 0 saturated carbocycles. The predicted molar refractivity (Wildman–Crippen MR) is 122 cm³/mol. The van der Waals surface area contributed by atoms with E-state index in [0.29, 0.717) is 0 Å². The fourth-order valence-corrected chi connectivity index (χ4v) is 3.59. The van der Waals surface area contributed by atoms with Crippen LogP contribution in [0.1, 0.15) is 21.7 Å². The highest BCUT2D eigenvalue weighted by molar-refractivity contribution is 6.07. The highest BCUT2D eigenvalue weighted by Gasteiger charge is 2.37. The number of aromatic nitrogens is 3. The summed E-state index contributed by atoms with van der Waals surface area (Å²) in [5.41, 5.74) is -2.68. The van der Waals surface area contributed by atoms with E-state index in [-0.39, 0.29) is 28.7 Å². The van der Waals surface area contributed by atoms with Crippen LogP contribution in [-0.2, 0) is 12.7 Å². The molecule has 198 valence electrons. The van der Waals surface area contributed by atoms with Crippen molar-refractivity contribution >= 4 is 22.5 Å². The van der Waals surface area contributed by atoms with Crippen molar-refractivity contribution in [2.75, 3.05) is 12.4 Å². The number of rotatable bonds is 6. The van der Waals surface area contributed by atoms with Gasteiger partial charge in [-0.25, -0.2) is 9.97 Å². The SMILES string of the molecule is COc1ccc(C(=O)Nc2cccc3ncn(Cc4ccccc4OC(F)(F)F)c(=O)c23)nc1C(F)(F)F. The zero-order chi connectivity index (χ0) is 27.7. The van der Waals surface area contributed by atoms with Crippen LogP contribution in [0.3, 0.4) is 0 Å². The van der Waals surface area contributed by atoms with E-state index in [2.05, 4.69) is 24.8 Å². The first-order valence-corrected chi connectivity index (χ1v) is 10.6. The number of alkyl halides is 6. The molecule has 0 spiro atoms. The largest absolute Gasteiger partial charge is 0.573 e. The molecule has 0 atom stereocenters. The molecule has 4 rings (SSSR count). The van der Waals surface area contributed by atoms with E-state index in [0.717, 1.165) is 36.2 Å². The highest BCUT2D eigenvalue weighted by Crippen LogP contribution is 2.34. The Kier molecular flexibility index (Phi) is 6.98. The Morgan fingerprint density at radius 1 is 0.974 bits per heavy atom. The number of nitrogens with one attached hydrogen (secondary N) is 1. The lowest BCUT2D eigenvalue weighted by Gasteiger charge is -2.15. The van der Waals surface area contributed by atoms with Crippen molar-refractivity contribution < 1.29 is 40.6 Å². The summed E-state index contributed by atoms with van der Waals surface area (Å²) in [6.07, 6.45) is -8.74. The molecule has 2 aromatic heterocycles. The molecule has 0 radical (unpaired) electrons.